The van der Waals surface area contributed by atoms with E-state index in [9.17, 15) is 4.79 Å². The number of aromatic nitrogens is 1. The molecule has 0 atom stereocenters. The van der Waals surface area contributed by atoms with Gasteiger partial charge in [-0.2, -0.15) is 0 Å². The molecule has 0 saturated heterocycles. The predicted molar refractivity (Wildman–Crippen MR) is 91.6 cm³/mol. The smallest absolute Gasteiger partial charge is 0.272 e. The van der Waals surface area contributed by atoms with Crippen LogP contribution in [0.15, 0.2) is 30.4 Å². The molecule has 1 amide bonds. The molecule has 0 unspecified atom stereocenters. The van der Waals surface area contributed by atoms with Crippen LogP contribution in [0.3, 0.4) is 0 Å². The molecule has 0 radical (unpaired) electrons. The van der Waals surface area contributed by atoms with Gasteiger partial charge in [0.2, 0.25) is 0 Å². The summed E-state index contributed by atoms with van der Waals surface area (Å²) in [5.41, 5.74) is 1.71. The molecule has 3 N–H and O–H groups in total. The van der Waals surface area contributed by atoms with E-state index in [1.54, 1.807) is 19.3 Å². The first-order valence-corrected chi connectivity index (χ1v) is 7.47. The van der Waals surface area contributed by atoms with Gasteiger partial charge in [0, 0.05) is 26.0 Å². The summed E-state index contributed by atoms with van der Waals surface area (Å²) in [6.07, 6.45) is 5.85. The molecule has 23 heavy (non-hydrogen) atoms. The van der Waals surface area contributed by atoms with E-state index >= 15 is 0 Å². The van der Waals surface area contributed by atoms with Gasteiger partial charge in [-0.25, -0.2) is 0 Å². The number of carbonyl (C=O) groups excluding carboxylic acids is 1. The fourth-order valence-electron chi connectivity index (χ4n) is 1.84. The van der Waals surface area contributed by atoms with Crippen LogP contribution >= 0.6 is 0 Å². The van der Waals surface area contributed by atoms with Crippen LogP contribution in [-0.2, 0) is 16.0 Å². The Morgan fingerprint density at radius 2 is 2.22 bits per heavy atom. The summed E-state index contributed by atoms with van der Waals surface area (Å²) in [4.78, 5) is 17.8. The molecule has 126 valence electrons. The Morgan fingerprint density at radius 1 is 1.48 bits per heavy atom. The van der Waals surface area contributed by atoms with E-state index in [1.807, 2.05) is 20.2 Å². The maximum Gasteiger partial charge on any atom is 0.272 e. The fourth-order valence-corrected chi connectivity index (χ4v) is 1.84. The van der Waals surface area contributed by atoms with Gasteiger partial charge in [0.25, 0.3) is 5.91 Å². The van der Waals surface area contributed by atoms with Crippen molar-refractivity contribution < 1.29 is 9.53 Å². The number of ether oxygens (including phenoxy) is 1. The molecule has 0 bridgehead atoms. The normalized spacial score (nSPS) is 11.3. The summed E-state index contributed by atoms with van der Waals surface area (Å²) in [5.74, 6) is -0.306. The van der Waals surface area contributed by atoms with Gasteiger partial charge < -0.3 is 20.3 Å². The second-order valence-corrected chi connectivity index (χ2v) is 5.13. The van der Waals surface area contributed by atoms with Crippen molar-refractivity contribution in [3.63, 3.8) is 0 Å². The summed E-state index contributed by atoms with van der Waals surface area (Å²) in [7, 11) is 5.52. The molecule has 1 aromatic rings. The summed E-state index contributed by atoms with van der Waals surface area (Å²) in [5, 5.41) is 13.4. The zero-order chi connectivity index (χ0) is 17.2. The van der Waals surface area contributed by atoms with E-state index in [0.717, 1.165) is 24.2 Å². The second kappa shape index (κ2) is 9.58. The number of amides is 1. The molecule has 0 aliphatic rings. The maximum absolute atomic E-state index is 11.6. The third-order valence-electron chi connectivity index (χ3n) is 3.10. The van der Waals surface area contributed by atoms with Crippen molar-refractivity contribution in [2.75, 3.05) is 39.6 Å². The Bertz CT molecular complexity index is 569. The van der Waals surface area contributed by atoms with Crippen molar-refractivity contribution >= 4 is 17.3 Å². The largest absolute Gasteiger partial charge is 0.490 e. The highest BCUT2D eigenvalue weighted by Crippen LogP contribution is 2.15. The number of pyridine rings is 1. The van der Waals surface area contributed by atoms with Crippen LogP contribution in [0.5, 0.6) is 0 Å². The Labute approximate surface area is 137 Å². The lowest BCUT2D eigenvalue weighted by Gasteiger charge is -2.14. The zero-order valence-corrected chi connectivity index (χ0v) is 14.1. The zero-order valence-electron chi connectivity index (χ0n) is 14.1. The quantitative estimate of drug-likeness (QED) is 0.471. The lowest BCUT2D eigenvalue weighted by molar-refractivity contribution is -0.114. The predicted octanol–water partition coefficient (Wildman–Crippen LogP) is 1.24. The van der Waals surface area contributed by atoms with Crippen molar-refractivity contribution in [2.24, 2.45) is 0 Å². The maximum atomic E-state index is 11.6. The Hall–Kier alpha value is -2.41. The van der Waals surface area contributed by atoms with E-state index in [2.05, 4.69) is 20.5 Å². The molecular formula is C16H25N5O2. The molecule has 1 heterocycles. The van der Waals surface area contributed by atoms with Crippen LogP contribution in [0.1, 0.15) is 12.5 Å². The second-order valence-electron chi connectivity index (χ2n) is 5.13. The number of hydrogen-bond donors (Lipinski definition) is 3. The van der Waals surface area contributed by atoms with Gasteiger partial charge >= 0.3 is 0 Å². The summed E-state index contributed by atoms with van der Waals surface area (Å²) >= 11 is 0. The van der Waals surface area contributed by atoms with E-state index in [1.165, 1.54) is 13.2 Å². The number of nitrogens with zero attached hydrogens (tertiary/aromatic N) is 2. The minimum absolute atomic E-state index is 0.189. The lowest BCUT2D eigenvalue weighted by atomic mass is 10.1. The molecule has 1 rings (SSSR count). The van der Waals surface area contributed by atoms with E-state index < -0.39 is 5.91 Å². The van der Waals surface area contributed by atoms with Gasteiger partial charge in [0.1, 0.15) is 0 Å². The van der Waals surface area contributed by atoms with Crippen molar-refractivity contribution in [3.8, 4) is 0 Å². The summed E-state index contributed by atoms with van der Waals surface area (Å²) in [6, 6.07) is 1.95. The number of likely N-dealkylation sites (N-methyl/N-ethyl adjacent to an activating group) is 1. The topological polar surface area (TPSA) is 90.3 Å². The van der Waals surface area contributed by atoms with E-state index in [4.69, 9.17) is 10.1 Å². The molecule has 7 heteroatoms. The fraction of sp³-hybridized carbons (Fsp3) is 0.438. The van der Waals surface area contributed by atoms with Crippen LogP contribution in [0.25, 0.3) is 0 Å². The number of hydrogen-bond acceptors (Lipinski definition) is 6. The van der Waals surface area contributed by atoms with E-state index in [-0.39, 0.29) is 11.5 Å². The van der Waals surface area contributed by atoms with Crippen LogP contribution in [-0.4, -0.2) is 55.8 Å². The molecule has 0 aliphatic carbocycles. The first-order chi connectivity index (χ1) is 11.0. The molecule has 0 saturated carbocycles. The van der Waals surface area contributed by atoms with Crippen molar-refractivity contribution in [3.05, 3.63) is 36.0 Å². The molecular weight excluding hydrogens is 294 g/mol. The minimum Gasteiger partial charge on any atom is -0.490 e. The molecule has 0 spiro atoms. The Kier molecular flexibility index (Phi) is 7.76. The van der Waals surface area contributed by atoms with Gasteiger partial charge in [-0.1, -0.05) is 0 Å². The summed E-state index contributed by atoms with van der Waals surface area (Å²) < 4.78 is 5.37. The highest BCUT2D eigenvalue weighted by Gasteiger charge is 2.14. The van der Waals surface area contributed by atoms with Gasteiger partial charge in [-0.15, -0.1) is 0 Å². The lowest BCUT2D eigenvalue weighted by Crippen LogP contribution is -2.29. The highest BCUT2D eigenvalue weighted by atomic mass is 16.5. The molecule has 0 fully saturated rings. The average Bonchev–Trinajstić information content (AvgIpc) is 2.56. The average molecular weight is 319 g/mol. The van der Waals surface area contributed by atoms with Crippen LogP contribution in [0, 0.1) is 5.41 Å². The van der Waals surface area contributed by atoms with Crippen molar-refractivity contribution in [2.45, 2.75) is 13.3 Å². The van der Waals surface area contributed by atoms with Gasteiger partial charge in [0.15, 0.2) is 11.5 Å². The molecule has 0 aromatic carbocycles. The summed E-state index contributed by atoms with van der Waals surface area (Å²) in [6.45, 7) is 3.08. The Balaban J connectivity index is 2.91. The SMILES string of the molecule is CCO/C(=C/Nc1cnccc1CCN(C)C)C(=N)C(=O)NC. The van der Waals surface area contributed by atoms with Crippen LogP contribution in [0.2, 0.25) is 0 Å². The van der Waals surface area contributed by atoms with Gasteiger partial charge in [0.05, 0.1) is 18.5 Å². The Morgan fingerprint density at radius 3 is 2.83 bits per heavy atom. The third kappa shape index (κ3) is 6.07. The van der Waals surface area contributed by atoms with Gasteiger partial charge in [-0.05, 0) is 39.1 Å². The minimum atomic E-state index is -0.495. The van der Waals surface area contributed by atoms with Crippen molar-refractivity contribution in [1.29, 1.82) is 5.41 Å². The molecule has 7 nitrogen and oxygen atoms in total. The van der Waals surface area contributed by atoms with Crippen LogP contribution in [0.4, 0.5) is 5.69 Å². The number of nitrogens with one attached hydrogen (secondary N) is 3. The number of rotatable bonds is 9. The molecule has 1 aromatic heterocycles. The van der Waals surface area contributed by atoms with Gasteiger partial charge in [-0.3, -0.25) is 15.2 Å². The third-order valence-corrected chi connectivity index (χ3v) is 3.10. The van der Waals surface area contributed by atoms with Crippen LogP contribution < -0.4 is 10.6 Å². The molecule has 0 aliphatic heterocycles. The van der Waals surface area contributed by atoms with E-state index in [0.29, 0.717) is 6.61 Å². The first-order valence-electron chi connectivity index (χ1n) is 7.47. The monoisotopic (exact) mass is 319 g/mol. The number of carbonyl (C=O) groups is 1. The standard InChI is InChI=1S/C16H25N5O2/c1-5-23-14(15(17)16(22)18-2)11-20-13-10-19-8-6-12(13)7-9-21(3)4/h6,8,10-11,17,20H,5,7,9H2,1-4H3,(H,18,22)/b14-11+,17-15?. The highest BCUT2D eigenvalue weighted by molar-refractivity contribution is 6.43. The van der Waals surface area contributed by atoms with Crippen molar-refractivity contribution in [1.82, 2.24) is 15.2 Å². The number of anilines is 1. The first kappa shape index (κ1) is 18.6.